The van der Waals surface area contributed by atoms with Crippen molar-refractivity contribution >= 4 is 52.5 Å². The maximum atomic E-state index is 13.7. The molecule has 1 saturated heterocycles. The Labute approximate surface area is 259 Å². The second-order valence-corrected chi connectivity index (χ2v) is 12.3. The van der Waals surface area contributed by atoms with Crippen molar-refractivity contribution in [1.29, 1.82) is 0 Å². The monoisotopic (exact) mass is 607 g/mol. The van der Waals surface area contributed by atoms with Crippen molar-refractivity contribution in [2.75, 3.05) is 17.2 Å². The molecule has 2 aromatic heterocycles. The number of nitrogens with one attached hydrogen (secondary N) is 3. The molecule has 224 valence electrons. The van der Waals surface area contributed by atoms with Gasteiger partial charge in [0.15, 0.2) is 0 Å². The maximum absolute atomic E-state index is 13.7. The number of rotatable bonds is 7. The number of aryl methyl sites for hydroxylation is 3. The number of fused-ring (bicyclic) bond motifs is 1. The van der Waals surface area contributed by atoms with Gasteiger partial charge in [-0.25, -0.2) is 9.69 Å². The highest BCUT2D eigenvalue weighted by Crippen LogP contribution is 2.39. The SMILES string of the molecule is Cc1ccc(NC(=O)CN2C(=O)N/C(=C/c3cc(C)n(-c4sc5c(c4C(=O)Nc4ccccc4)CCCC5)c3C)C2=O)cc1. The van der Waals surface area contributed by atoms with Gasteiger partial charge in [-0.15, -0.1) is 11.3 Å². The van der Waals surface area contributed by atoms with Crippen LogP contribution in [0.2, 0.25) is 0 Å². The second-order valence-electron chi connectivity index (χ2n) is 11.2. The predicted octanol–water partition coefficient (Wildman–Crippen LogP) is 6.13. The Balaban J connectivity index is 1.27. The molecule has 2 aromatic carbocycles. The van der Waals surface area contributed by atoms with E-state index in [1.165, 1.54) is 4.88 Å². The normalized spacial score (nSPS) is 15.3. The zero-order valence-corrected chi connectivity index (χ0v) is 25.6. The van der Waals surface area contributed by atoms with Crippen LogP contribution < -0.4 is 16.0 Å². The van der Waals surface area contributed by atoms with E-state index in [0.29, 0.717) is 11.3 Å². The molecule has 3 heterocycles. The topological polar surface area (TPSA) is 113 Å². The summed E-state index contributed by atoms with van der Waals surface area (Å²) in [6.07, 6.45) is 5.56. The first-order valence-electron chi connectivity index (χ1n) is 14.6. The summed E-state index contributed by atoms with van der Waals surface area (Å²) in [5.41, 5.74) is 6.72. The van der Waals surface area contributed by atoms with Crippen molar-refractivity contribution < 1.29 is 19.2 Å². The number of urea groups is 1. The number of para-hydroxylation sites is 1. The van der Waals surface area contributed by atoms with Gasteiger partial charge in [-0.05, 0) is 94.0 Å². The van der Waals surface area contributed by atoms with Crippen molar-refractivity contribution in [2.45, 2.75) is 46.5 Å². The molecule has 1 fully saturated rings. The number of anilines is 2. The van der Waals surface area contributed by atoms with E-state index in [9.17, 15) is 19.2 Å². The molecule has 0 unspecified atom stereocenters. The van der Waals surface area contributed by atoms with Crippen molar-refractivity contribution in [1.82, 2.24) is 14.8 Å². The van der Waals surface area contributed by atoms with Crippen molar-refractivity contribution in [2.24, 2.45) is 0 Å². The molecule has 6 rings (SSSR count). The predicted molar refractivity (Wildman–Crippen MR) is 172 cm³/mol. The smallest absolute Gasteiger partial charge is 0.325 e. The maximum Gasteiger partial charge on any atom is 0.329 e. The van der Waals surface area contributed by atoms with Crippen molar-refractivity contribution in [3.8, 4) is 5.00 Å². The van der Waals surface area contributed by atoms with E-state index in [1.54, 1.807) is 29.5 Å². The summed E-state index contributed by atoms with van der Waals surface area (Å²) in [5.74, 6) is -1.19. The molecule has 4 aromatic rings. The highest BCUT2D eigenvalue weighted by molar-refractivity contribution is 7.15. The van der Waals surface area contributed by atoms with Crippen LogP contribution in [0.1, 0.15) is 56.2 Å². The third kappa shape index (κ3) is 5.68. The first-order valence-corrected chi connectivity index (χ1v) is 15.4. The van der Waals surface area contributed by atoms with E-state index in [2.05, 4.69) is 20.5 Å². The summed E-state index contributed by atoms with van der Waals surface area (Å²) in [6.45, 7) is 5.43. The lowest BCUT2D eigenvalue weighted by molar-refractivity contribution is -0.127. The molecular weight excluding hydrogens is 574 g/mol. The molecule has 1 aliphatic carbocycles. The molecule has 3 N–H and O–H groups in total. The van der Waals surface area contributed by atoms with Crippen LogP contribution in [0.3, 0.4) is 0 Å². The van der Waals surface area contributed by atoms with Crippen LogP contribution >= 0.6 is 11.3 Å². The molecule has 0 radical (unpaired) electrons. The van der Waals surface area contributed by atoms with E-state index in [0.717, 1.165) is 69.3 Å². The molecule has 0 saturated carbocycles. The molecule has 5 amide bonds. The Hall–Kier alpha value is -4.96. The number of imide groups is 1. The number of benzene rings is 2. The molecule has 2 aliphatic rings. The van der Waals surface area contributed by atoms with E-state index < -0.39 is 24.4 Å². The molecule has 10 heteroatoms. The van der Waals surface area contributed by atoms with Gasteiger partial charge in [0.05, 0.1) is 5.56 Å². The highest BCUT2D eigenvalue weighted by Gasteiger charge is 2.35. The summed E-state index contributed by atoms with van der Waals surface area (Å²) >= 11 is 1.64. The van der Waals surface area contributed by atoms with E-state index >= 15 is 0 Å². The lowest BCUT2D eigenvalue weighted by Gasteiger charge is -2.14. The van der Waals surface area contributed by atoms with Gasteiger partial charge >= 0.3 is 6.03 Å². The van der Waals surface area contributed by atoms with Gasteiger partial charge in [-0.1, -0.05) is 35.9 Å². The van der Waals surface area contributed by atoms with Crippen LogP contribution in [0.4, 0.5) is 16.2 Å². The number of aromatic nitrogens is 1. The minimum Gasteiger partial charge on any atom is -0.325 e. The first-order chi connectivity index (χ1) is 21.2. The van der Waals surface area contributed by atoms with E-state index in [1.807, 2.05) is 69.3 Å². The van der Waals surface area contributed by atoms with Gasteiger partial charge in [-0.2, -0.15) is 0 Å². The Kier molecular flexibility index (Phi) is 7.92. The lowest BCUT2D eigenvalue weighted by Crippen LogP contribution is -2.38. The summed E-state index contributed by atoms with van der Waals surface area (Å²) in [5, 5.41) is 9.26. The van der Waals surface area contributed by atoms with Crippen LogP contribution in [0.15, 0.2) is 66.4 Å². The Morgan fingerprint density at radius 1 is 0.932 bits per heavy atom. The van der Waals surface area contributed by atoms with Crippen LogP contribution in [0, 0.1) is 20.8 Å². The van der Waals surface area contributed by atoms with Gasteiger partial charge in [0, 0.05) is 27.6 Å². The second kappa shape index (κ2) is 12.0. The Bertz CT molecular complexity index is 1820. The quantitative estimate of drug-likeness (QED) is 0.173. The number of nitrogens with zero attached hydrogens (tertiary/aromatic N) is 2. The standard InChI is InChI=1S/C34H33N5O4S/c1-20-13-15-25(16-14-20)35-29(40)19-38-32(42)27(37-34(38)43)18-23-17-21(2)39(22(23)3)33-30(26-11-7-8-12-28(26)44-33)31(41)36-24-9-5-4-6-10-24/h4-6,9-10,13-18H,7-8,11-12,19H2,1-3H3,(H,35,40)(H,36,41)(H,37,43)/b27-18+. The Morgan fingerprint density at radius 2 is 1.64 bits per heavy atom. The summed E-state index contributed by atoms with van der Waals surface area (Å²) < 4.78 is 2.06. The largest absolute Gasteiger partial charge is 0.329 e. The molecule has 0 bridgehead atoms. The number of thiophene rings is 1. The first kappa shape index (κ1) is 29.1. The number of hydrogen-bond donors (Lipinski definition) is 3. The van der Waals surface area contributed by atoms with Crippen LogP contribution in [-0.2, 0) is 22.4 Å². The number of amides is 5. The van der Waals surface area contributed by atoms with Crippen LogP contribution in [0.5, 0.6) is 0 Å². The molecule has 1 aliphatic heterocycles. The van der Waals surface area contributed by atoms with Gasteiger partial charge in [-0.3, -0.25) is 14.4 Å². The van der Waals surface area contributed by atoms with Crippen LogP contribution in [-0.4, -0.2) is 39.8 Å². The third-order valence-electron chi connectivity index (χ3n) is 7.98. The average Bonchev–Trinajstić information content (AvgIpc) is 3.60. The summed E-state index contributed by atoms with van der Waals surface area (Å²) in [7, 11) is 0. The van der Waals surface area contributed by atoms with E-state index in [-0.39, 0.29) is 11.6 Å². The number of carbonyl (C=O) groups excluding carboxylic acids is 4. The molecular formula is C34H33N5O4S. The number of hydrogen-bond acceptors (Lipinski definition) is 5. The molecule has 0 atom stereocenters. The van der Waals surface area contributed by atoms with Gasteiger partial charge in [0.25, 0.3) is 11.8 Å². The van der Waals surface area contributed by atoms with Gasteiger partial charge < -0.3 is 20.5 Å². The number of carbonyl (C=O) groups is 4. The molecule has 0 spiro atoms. The minimum atomic E-state index is -0.653. The summed E-state index contributed by atoms with van der Waals surface area (Å²) in [4.78, 5) is 54.4. The fourth-order valence-electron chi connectivity index (χ4n) is 5.76. The van der Waals surface area contributed by atoms with Gasteiger partial charge in [0.1, 0.15) is 17.2 Å². The molecule has 9 nitrogen and oxygen atoms in total. The van der Waals surface area contributed by atoms with Crippen LogP contribution in [0.25, 0.3) is 11.1 Å². The summed E-state index contributed by atoms with van der Waals surface area (Å²) in [6, 6.07) is 18.0. The van der Waals surface area contributed by atoms with Gasteiger partial charge in [0.2, 0.25) is 5.91 Å². The fraction of sp³-hybridized carbons (Fsp3) is 0.235. The third-order valence-corrected chi connectivity index (χ3v) is 9.26. The molecule has 44 heavy (non-hydrogen) atoms. The zero-order chi connectivity index (χ0) is 31.0. The zero-order valence-electron chi connectivity index (χ0n) is 24.8. The average molecular weight is 608 g/mol. The van der Waals surface area contributed by atoms with E-state index in [4.69, 9.17) is 0 Å². The fourth-order valence-corrected chi connectivity index (χ4v) is 7.25. The lowest BCUT2D eigenvalue weighted by atomic mass is 9.95. The Morgan fingerprint density at radius 3 is 2.39 bits per heavy atom. The highest BCUT2D eigenvalue weighted by atomic mass is 32.1. The van der Waals surface area contributed by atoms with Crippen molar-refractivity contribution in [3.05, 3.63) is 105 Å². The van der Waals surface area contributed by atoms with Crippen molar-refractivity contribution in [3.63, 3.8) is 0 Å². The minimum absolute atomic E-state index is 0.0888.